The summed E-state index contributed by atoms with van der Waals surface area (Å²) in [4.78, 5) is 14.5. The van der Waals surface area contributed by atoms with Crippen molar-refractivity contribution in [1.82, 2.24) is 9.55 Å². The van der Waals surface area contributed by atoms with Crippen molar-refractivity contribution in [3.8, 4) is 0 Å². The van der Waals surface area contributed by atoms with Crippen molar-refractivity contribution in [1.29, 1.82) is 0 Å². The van der Waals surface area contributed by atoms with Gasteiger partial charge in [0.15, 0.2) is 6.23 Å². The van der Waals surface area contributed by atoms with Gasteiger partial charge >= 0.3 is 5.56 Å². The Hall–Kier alpha value is -1.51. The molecule has 3 N–H and O–H groups in total. The third kappa shape index (κ3) is 1.38. The maximum atomic E-state index is 13.1. The number of aliphatic hydroxyl groups is 2. The third-order valence-electron chi connectivity index (χ3n) is 3.03. The van der Waals surface area contributed by atoms with Crippen molar-refractivity contribution in [2.24, 2.45) is 0 Å². The molecule has 3 heterocycles. The van der Waals surface area contributed by atoms with Crippen LogP contribution in [0.25, 0.3) is 0 Å². The maximum Gasteiger partial charge on any atom is 0.310 e. The Morgan fingerprint density at radius 2 is 2.41 bits per heavy atom. The van der Waals surface area contributed by atoms with Crippen molar-refractivity contribution in [2.75, 3.05) is 11.9 Å². The normalized spacial score (nSPS) is 34.3. The van der Waals surface area contributed by atoms with E-state index in [1.807, 2.05) is 0 Å². The molecule has 1 aromatic heterocycles. The van der Waals surface area contributed by atoms with E-state index in [1.165, 1.54) is 4.57 Å². The van der Waals surface area contributed by atoms with Crippen LogP contribution in [0, 0.1) is 5.82 Å². The predicted octanol–water partition coefficient (Wildman–Crippen LogP) is -1.57. The van der Waals surface area contributed by atoms with Gasteiger partial charge in [0.25, 0.3) is 0 Å². The number of nitrogens with zero attached hydrogens (tertiary/aromatic N) is 2. The molecule has 1 saturated heterocycles. The summed E-state index contributed by atoms with van der Waals surface area (Å²) in [5.74, 6) is -0.830. The molecule has 0 bridgehead atoms. The van der Waals surface area contributed by atoms with Crippen LogP contribution in [0.4, 0.5) is 10.3 Å². The molecule has 3 rings (SSSR count). The minimum absolute atomic E-state index is 0.154. The first kappa shape index (κ1) is 10.6. The number of nitrogens with one attached hydrogen (secondary N) is 1. The molecule has 0 aliphatic carbocycles. The fourth-order valence-corrected chi connectivity index (χ4v) is 2.19. The summed E-state index contributed by atoms with van der Waals surface area (Å²) in [5.41, 5.74) is -0.961. The van der Waals surface area contributed by atoms with Crippen LogP contribution >= 0.6 is 0 Å². The van der Waals surface area contributed by atoms with E-state index in [4.69, 9.17) is 9.84 Å². The number of aromatic nitrogens is 2. The van der Waals surface area contributed by atoms with E-state index < -0.39 is 35.9 Å². The molecule has 0 aromatic carbocycles. The molecule has 0 radical (unpaired) electrons. The van der Waals surface area contributed by atoms with Crippen LogP contribution < -0.4 is 10.9 Å². The SMILES string of the molecule is O=c1nc2n(cc1F)[C@@H]1O[C@H](CO)[C@@H](O)[C@@H]1N2. The first-order valence-electron chi connectivity index (χ1n) is 5.11. The number of aliphatic hydroxyl groups excluding tert-OH is 2. The first-order chi connectivity index (χ1) is 8.11. The molecule has 0 spiro atoms. The Labute approximate surface area is 94.5 Å². The van der Waals surface area contributed by atoms with E-state index in [-0.39, 0.29) is 12.6 Å². The average molecular weight is 243 g/mol. The molecule has 0 saturated carbocycles. The summed E-state index contributed by atoms with van der Waals surface area (Å²) in [6.45, 7) is -0.332. The number of hydrogen-bond donors (Lipinski definition) is 3. The summed E-state index contributed by atoms with van der Waals surface area (Å²) in [6, 6.07) is -0.541. The van der Waals surface area contributed by atoms with Gasteiger partial charge < -0.3 is 20.3 Å². The van der Waals surface area contributed by atoms with Gasteiger partial charge in [0, 0.05) is 0 Å². The quantitative estimate of drug-likeness (QED) is 0.551. The Bertz CT molecular complexity index is 519. The van der Waals surface area contributed by atoms with Crippen LogP contribution in [0.15, 0.2) is 11.0 Å². The highest BCUT2D eigenvalue weighted by molar-refractivity contribution is 5.35. The molecule has 17 heavy (non-hydrogen) atoms. The van der Waals surface area contributed by atoms with E-state index in [1.54, 1.807) is 0 Å². The number of anilines is 1. The minimum atomic E-state index is -0.985. The number of halogens is 1. The summed E-state index contributed by atoms with van der Waals surface area (Å²) in [7, 11) is 0. The van der Waals surface area contributed by atoms with E-state index in [0.29, 0.717) is 0 Å². The lowest BCUT2D eigenvalue weighted by Gasteiger charge is -2.14. The second-order valence-electron chi connectivity index (χ2n) is 4.03. The predicted molar refractivity (Wildman–Crippen MR) is 52.9 cm³/mol. The second-order valence-corrected chi connectivity index (χ2v) is 4.03. The zero-order valence-electron chi connectivity index (χ0n) is 8.58. The van der Waals surface area contributed by atoms with Crippen molar-refractivity contribution in [2.45, 2.75) is 24.5 Å². The molecule has 8 heteroatoms. The molecule has 2 aliphatic heterocycles. The highest BCUT2D eigenvalue weighted by Crippen LogP contribution is 2.37. The lowest BCUT2D eigenvalue weighted by molar-refractivity contribution is -0.0433. The van der Waals surface area contributed by atoms with Gasteiger partial charge in [-0.05, 0) is 0 Å². The lowest BCUT2D eigenvalue weighted by atomic mass is 10.1. The average Bonchev–Trinajstić information content (AvgIpc) is 2.78. The third-order valence-corrected chi connectivity index (χ3v) is 3.03. The molecule has 1 fully saturated rings. The lowest BCUT2D eigenvalue weighted by Crippen LogP contribution is -2.36. The monoisotopic (exact) mass is 243 g/mol. The number of ether oxygens (including phenoxy) is 1. The van der Waals surface area contributed by atoms with Crippen molar-refractivity contribution >= 4 is 5.95 Å². The van der Waals surface area contributed by atoms with Crippen molar-refractivity contribution < 1.29 is 19.3 Å². The van der Waals surface area contributed by atoms with Crippen molar-refractivity contribution in [3.05, 3.63) is 22.4 Å². The topological polar surface area (TPSA) is 96.6 Å². The van der Waals surface area contributed by atoms with E-state index in [2.05, 4.69) is 10.3 Å². The smallest absolute Gasteiger partial charge is 0.310 e. The largest absolute Gasteiger partial charge is 0.394 e. The molecular formula is C9H10FN3O4. The number of rotatable bonds is 1. The summed E-state index contributed by atoms with van der Waals surface area (Å²) in [6.07, 6.45) is -1.35. The number of fused-ring (bicyclic) bond motifs is 3. The van der Waals surface area contributed by atoms with Crippen LogP contribution in [0.3, 0.4) is 0 Å². The van der Waals surface area contributed by atoms with E-state index in [9.17, 15) is 14.3 Å². The molecular weight excluding hydrogens is 233 g/mol. The second kappa shape index (κ2) is 3.49. The molecule has 7 nitrogen and oxygen atoms in total. The number of hydrogen-bond acceptors (Lipinski definition) is 6. The Kier molecular flexibility index (Phi) is 2.18. The zero-order valence-corrected chi connectivity index (χ0v) is 8.58. The van der Waals surface area contributed by atoms with Gasteiger partial charge in [-0.25, -0.2) is 0 Å². The summed E-state index contributed by atoms with van der Waals surface area (Å²) < 4.78 is 19.8. The van der Waals surface area contributed by atoms with E-state index >= 15 is 0 Å². The van der Waals surface area contributed by atoms with Crippen LogP contribution in [0.1, 0.15) is 6.23 Å². The van der Waals surface area contributed by atoms with Gasteiger partial charge in [0.1, 0.15) is 18.2 Å². The Morgan fingerprint density at radius 1 is 1.65 bits per heavy atom. The van der Waals surface area contributed by atoms with Gasteiger partial charge in [0.2, 0.25) is 11.8 Å². The Morgan fingerprint density at radius 3 is 3.12 bits per heavy atom. The van der Waals surface area contributed by atoms with Gasteiger partial charge in [-0.3, -0.25) is 9.36 Å². The van der Waals surface area contributed by atoms with Gasteiger partial charge in [-0.15, -0.1) is 0 Å². The fourth-order valence-electron chi connectivity index (χ4n) is 2.19. The molecule has 1 aromatic rings. The standard InChI is InChI=1S/C9H10FN3O4/c10-3-1-13-8-5(6(15)4(2-14)17-8)11-9(13)12-7(3)16/h1,4-6,8,14-15H,2H2,(H,11,12,16)/t4-,5+,6-,8-/m1/s1. The minimum Gasteiger partial charge on any atom is -0.394 e. The van der Waals surface area contributed by atoms with Crippen molar-refractivity contribution in [3.63, 3.8) is 0 Å². The maximum absolute atomic E-state index is 13.1. The molecule has 0 amide bonds. The highest BCUT2D eigenvalue weighted by atomic mass is 19.1. The van der Waals surface area contributed by atoms with Crippen LogP contribution in [0.5, 0.6) is 0 Å². The van der Waals surface area contributed by atoms with Crippen LogP contribution in [0.2, 0.25) is 0 Å². The van der Waals surface area contributed by atoms with Gasteiger partial charge in [-0.2, -0.15) is 9.37 Å². The first-order valence-corrected chi connectivity index (χ1v) is 5.11. The van der Waals surface area contributed by atoms with Crippen LogP contribution in [-0.2, 0) is 4.74 Å². The van der Waals surface area contributed by atoms with Gasteiger partial charge in [-0.1, -0.05) is 0 Å². The summed E-state index contributed by atoms with van der Waals surface area (Å²) in [5, 5.41) is 21.6. The highest BCUT2D eigenvalue weighted by Gasteiger charge is 2.48. The molecule has 2 aliphatic rings. The fraction of sp³-hybridized carbons (Fsp3) is 0.556. The van der Waals surface area contributed by atoms with E-state index in [0.717, 1.165) is 6.20 Å². The molecule has 92 valence electrons. The van der Waals surface area contributed by atoms with Crippen LogP contribution in [-0.4, -0.2) is 44.6 Å². The Balaban J connectivity index is 2.02. The molecule has 4 atom stereocenters. The van der Waals surface area contributed by atoms with Gasteiger partial charge in [0.05, 0.1) is 12.8 Å². The molecule has 0 unspecified atom stereocenters. The summed E-state index contributed by atoms with van der Waals surface area (Å²) >= 11 is 0. The zero-order chi connectivity index (χ0) is 12.2.